The van der Waals surface area contributed by atoms with Gasteiger partial charge in [0.05, 0.1) is 6.04 Å². The van der Waals surface area contributed by atoms with E-state index in [0.717, 1.165) is 16.7 Å². The van der Waals surface area contributed by atoms with Gasteiger partial charge >= 0.3 is 6.09 Å². The van der Waals surface area contributed by atoms with Crippen molar-refractivity contribution in [3.05, 3.63) is 65.2 Å². The first kappa shape index (κ1) is 19.9. The number of amides is 2. The minimum absolute atomic E-state index is 0.173. The third kappa shape index (κ3) is 4.51. The molecule has 6 nitrogen and oxygen atoms in total. The number of benzene rings is 2. The second-order valence-corrected chi connectivity index (χ2v) is 6.89. The number of aromatic hydroxyl groups is 1. The molecule has 6 heteroatoms. The van der Waals surface area contributed by atoms with Crippen molar-refractivity contribution in [3.8, 4) is 5.75 Å². The summed E-state index contributed by atoms with van der Waals surface area (Å²) in [4.78, 5) is 26.7. The smallest absolute Gasteiger partial charge is 0.417 e. The predicted molar refractivity (Wildman–Crippen MR) is 104 cm³/mol. The van der Waals surface area contributed by atoms with Crippen LogP contribution in [0.2, 0.25) is 0 Å². The van der Waals surface area contributed by atoms with Crippen LogP contribution in [0, 0.1) is 6.92 Å². The molecule has 1 unspecified atom stereocenters. The van der Waals surface area contributed by atoms with Gasteiger partial charge < -0.3 is 14.6 Å². The predicted octanol–water partition coefficient (Wildman–Crippen LogP) is 3.24. The van der Waals surface area contributed by atoms with E-state index in [1.807, 2.05) is 44.2 Å². The van der Waals surface area contributed by atoms with E-state index < -0.39 is 18.1 Å². The quantitative estimate of drug-likeness (QED) is 0.794. The third-order valence-corrected chi connectivity index (χ3v) is 4.89. The van der Waals surface area contributed by atoms with Gasteiger partial charge in [-0.3, -0.25) is 4.79 Å². The highest BCUT2D eigenvalue weighted by Crippen LogP contribution is 2.22. The van der Waals surface area contributed by atoms with Crippen molar-refractivity contribution in [1.82, 2.24) is 4.90 Å². The lowest BCUT2D eigenvalue weighted by atomic mass is 10.0. The summed E-state index contributed by atoms with van der Waals surface area (Å²) < 4.78 is 10.9. The first-order chi connectivity index (χ1) is 13.5. The number of imide groups is 1. The van der Waals surface area contributed by atoms with E-state index in [9.17, 15) is 14.7 Å². The number of carbonyl (C=O) groups is 2. The molecule has 148 valence electrons. The molecule has 2 atom stereocenters. The highest BCUT2D eigenvalue weighted by molar-refractivity contribution is 5.96. The number of aryl methyl sites for hydroxylation is 1. The maximum Gasteiger partial charge on any atom is 0.417 e. The van der Waals surface area contributed by atoms with Gasteiger partial charge in [0.25, 0.3) is 5.91 Å². The highest BCUT2D eigenvalue weighted by Gasteiger charge is 2.41. The minimum Gasteiger partial charge on any atom is -0.508 e. The maximum atomic E-state index is 13.2. The molecule has 1 heterocycles. The summed E-state index contributed by atoms with van der Waals surface area (Å²) in [7, 11) is 0. The molecule has 0 spiro atoms. The van der Waals surface area contributed by atoms with Crippen LogP contribution in [0.4, 0.5) is 4.79 Å². The lowest BCUT2D eigenvalue weighted by molar-refractivity contribution is -0.141. The number of cyclic esters (lactones) is 1. The second kappa shape index (κ2) is 8.89. The molecule has 1 aliphatic rings. The maximum absolute atomic E-state index is 13.2. The molecular weight excluding hydrogens is 358 g/mol. The van der Waals surface area contributed by atoms with E-state index in [1.54, 1.807) is 18.2 Å². The van der Waals surface area contributed by atoms with E-state index in [4.69, 9.17) is 9.47 Å². The van der Waals surface area contributed by atoms with Crippen molar-refractivity contribution < 1.29 is 24.2 Å². The Balaban J connectivity index is 1.79. The summed E-state index contributed by atoms with van der Waals surface area (Å²) >= 11 is 0. The summed E-state index contributed by atoms with van der Waals surface area (Å²) in [5.74, 6) is -0.218. The number of carbonyl (C=O) groups excluding carboxylic acids is 2. The fraction of sp³-hybridized carbons (Fsp3) is 0.364. The Morgan fingerprint density at radius 3 is 2.71 bits per heavy atom. The van der Waals surface area contributed by atoms with Gasteiger partial charge in [-0.2, -0.15) is 0 Å². The van der Waals surface area contributed by atoms with Gasteiger partial charge in [-0.05, 0) is 49.1 Å². The highest BCUT2D eigenvalue weighted by atomic mass is 16.6. The number of ether oxygens (including phenoxy) is 2. The van der Waals surface area contributed by atoms with Gasteiger partial charge in [-0.25, -0.2) is 9.69 Å². The Morgan fingerprint density at radius 2 is 2.04 bits per heavy atom. The van der Waals surface area contributed by atoms with Gasteiger partial charge in [0.2, 0.25) is 0 Å². The van der Waals surface area contributed by atoms with Crippen LogP contribution in [0.3, 0.4) is 0 Å². The van der Waals surface area contributed by atoms with Gasteiger partial charge in [-0.1, -0.05) is 36.4 Å². The molecule has 2 aromatic rings. The van der Waals surface area contributed by atoms with Crippen molar-refractivity contribution in [2.24, 2.45) is 0 Å². The first-order valence-electron chi connectivity index (χ1n) is 9.43. The zero-order valence-corrected chi connectivity index (χ0v) is 16.1. The van der Waals surface area contributed by atoms with Crippen LogP contribution in [0.15, 0.2) is 48.5 Å². The van der Waals surface area contributed by atoms with E-state index in [0.29, 0.717) is 19.4 Å². The van der Waals surface area contributed by atoms with Gasteiger partial charge in [0.15, 0.2) is 0 Å². The molecule has 2 amide bonds. The number of phenolic OH excluding ortho intramolecular Hbond substituents is 1. The largest absolute Gasteiger partial charge is 0.508 e. The van der Waals surface area contributed by atoms with Crippen LogP contribution in [-0.4, -0.2) is 47.4 Å². The van der Waals surface area contributed by atoms with Crippen molar-refractivity contribution >= 4 is 12.0 Å². The normalized spacial score (nSPS) is 17.4. The van der Waals surface area contributed by atoms with Gasteiger partial charge in [-0.15, -0.1) is 0 Å². The van der Waals surface area contributed by atoms with E-state index in [2.05, 4.69) is 0 Å². The Hall–Kier alpha value is -2.86. The Labute approximate surface area is 164 Å². The molecule has 0 radical (unpaired) electrons. The van der Waals surface area contributed by atoms with Crippen LogP contribution in [0.1, 0.15) is 23.6 Å². The van der Waals surface area contributed by atoms with Crippen molar-refractivity contribution in [2.75, 3.05) is 13.2 Å². The monoisotopic (exact) mass is 383 g/mol. The molecule has 0 aliphatic carbocycles. The lowest BCUT2D eigenvalue weighted by Gasteiger charge is -2.25. The van der Waals surface area contributed by atoms with Gasteiger partial charge in [0, 0.05) is 13.0 Å². The molecule has 0 bridgehead atoms. The molecule has 1 aliphatic heterocycles. The van der Waals surface area contributed by atoms with Crippen molar-refractivity contribution in [3.63, 3.8) is 0 Å². The minimum atomic E-state index is -0.794. The molecule has 0 aromatic heterocycles. The number of rotatable bonds is 7. The van der Waals surface area contributed by atoms with Crippen LogP contribution in [0.25, 0.3) is 0 Å². The molecule has 1 N–H and O–H groups in total. The lowest BCUT2D eigenvalue weighted by Crippen LogP contribution is -2.47. The third-order valence-electron chi connectivity index (χ3n) is 4.89. The number of phenols is 1. The fourth-order valence-electron chi connectivity index (χ4n) is 3.45. The van der Waals surface area contributed by atoms with Crippen molar-refractivity contribution in [2.45, 2.75) is 38.8 Å². The molecule has 3 rings (SSSR count). The van der Waals surface area contributed by atoms with Crippen LogP contribution >= 0.6 is 0 Å². The first-order valence-corrected chi connectivity index (χ1v) is 9.43. The molecule has 2 aromatic carbocycles. The number of hydrogen-bond donors (Lipinski definition) is 1. The topological polar surface area (TPSA) is 76.1 Å². The standard InChI is InChI=1S/C22H25NO5/c1-3-27-20(13-17-9-10-19(24)11-15(17)2)21(25)23-18(14-28-22(23)26)12-16-7-5-4-6-8-16/h4-11,18,20,24H,3,12-14H2,1-2H3/t18?,20-/m0/s1. The Bertz CT molecular complexity index is 836. The van der Waals surface area contributed by atoms with E-state index in [1.165, 1.54) is 4.90 Å². The fourth-order valence-corrected chi connectivity index (χ4v) is 3.45. The van der Waals surface area contributed by atoms with Crippen LogP contribution in [-0.2, 0) is 27.1 Å². The SMILES string of the molecule is CCO[C@@H](Cc1ccc(O)cc1C)C(=O)N1C(=O)OCC1Cc1ccccc1. The summed E-state index contributed by atoms with van der Waals surface area (Å²) in [5.41, 5.74) is 2.78. The average molecular weight is 383 g/mol. The number of hydrogen-bond acceptors (Lipinski definition) is 5. The van der Waals surface area contributed by atoms with Crippen LogP contribution in [0.5, 0.6) is 5.75 Å². The van der Waals surface area contributed by atoms with Crippen LogP contribution < -0.4 is 0 Å². The zero-order chi connectivity index (χ0) is 20.1. The zero-order valence-electron chi connectivity index (χ0n) is 16.1. The number of nitrogens with zero attached hydrogens (tertiary/aromatic N) is 1. The van der Waals surface area contributed by atoms with Crippen molar-refractivity contribution in [1.29, 1.82) is 0 Å². The van der Waals surface area contributed by atoms with E-state index in [-0.39, 0.29) is 18.4 Å². The summed E-state index contributed by atoms with van der Waals surface area (Å²) in [6.45, 7) is 4.20. The molecule has 1 fully saturated rings. The molecular formula is C22H25NO5. The Kier molecular flexibility index (Phi) is 6.31. The molecule has 28 heavy (non-hydrogen) atoms. The summed E-state index contributed by atoms with van der Waals surface area (Å²) in [5, 5.41) is 9.60. The molecule has 0 saturated carbocycles. The average Bonchev–Trinajstić information content (AvgIpc) is 3.03. The van der Waals surface area contributed by atoms with Gasteiger partial charge in [0.1, 0.15) is 18.5 Å². The van der Waals surface area contributed by atoms with E-state index >= 15 is 0 Å². The second-order valence-electron chi connectivity index (χ2n) is 6.89. The summed E-state index contributed by atoms with van der Waals surface area (Å²) in [6, 6.07) is 14.3. The Morgan fingerprint density at radius 1 is 1.29 bits per heavy atom. The summed E-state index contributed by atoms with van der Waals surface area (Å²) in [6.07, 6.45) is -0.564. The molecule has 1 saturated heterocycles.